The van der Waals surface area contributed by atoms with Crippen LogP contribution in [0.4, 0.5) is 11.4 Å². The number of aliphatic carboxylic acids is 1. The highest BCUT2D eigenvalue weighted by Crippen LogP contribution is 2.21. The second kappa shape index (κ2) is 5.76. The summed E-state index contributed by atoms with van der Waals surface area (Å²) < 4.78 is 0. The Balaban J connectivity index is 2.69. The molecule has 0 spiro atoms. The smallest absolute Gasteiger partial charge is 0.303 e. The number of hydrogen-bond donors (Lipinski definition) is 2. The van der Waals surface area contributed by atoms with Crippen molar-refractivity contribution in [1.82, 2.24) is 0 Å². The largest absolute Gasteiger partial charge is 0.481 e. The molecule has 18 heavy (non-hydrogen) atoms. The van der Waals surface area contributed by atoms with E-state index in [-0.39, 0.29) is 18.5 Å². The first-order chi connectivity index (χ1) is 8.40. The summed E-state index contributed by atoms with van der Waals surface area (Å²) in [5.74, 6) is -1.49. The van der Waals surface area contributed by atoms with E-state index in [1.807, 2.05) is 0 Å². The topological polar surface area (TPSA) is 110 Å². The number of hydrogen-bond acceptors (Lipinski definition) is 4. The summed E-state index contributed by atoms with van der Waals surface area (Å²) in [4.78, 5) is 31.7. The van der Waals surface area contributed by atoms with Crippen LogP contribution < -0.4 is 5.32 Å². The molecule has 0 fully saturated rings. The predicted molar refractivity (Wildman–Crippen MR) is 63.3 cm³/mol. The summed E-state index contributed by atoms with van der Waals surface area (Å²) in [6.45, 7) is 1.56. The lowest BCUT2D eigenvalue weighted by Gasteiger charge is -2.05. The van der Waals surface area contributed by atoms with Gasteiger partial charge in [-0.05, 0) is 19.1 Å². The van der Waals surface area contributed by atoms with Crippen molar-refractivity contribution < 1.29 is 19.6 Å². The first-order valence-electron chi connectivity index (χ1n) is 5.17. The molecule has 0 aromatic heterocycles. The van der Waals surface area contributed by atoms with E-state index < -0.39 is 16.8 Å². The highest BCUT2D eigenvalue weighted by molar-refractivity contribution is 5.92. The van der Waals surface area contributed by atoms with Gasteiger partial charge in [0, 0.05) is 23.7 Å². The SMILES string of the molecule is Cc1cc(NC(=O)CCC(=O)O)ccc1[N+](=O)[O-]. The van der Waals surface area contributed by atoms with E-state index in [9.17, 15) is 19.7 Å². The molecular weight excluding hydrogens is 240 g/mol. The molecule has 2 N–H and O–H groups in total. The van der Waals surface area contributed by atoms with E-state index in [4.69, 9.17) is 5.11 Å². The average Bonchev–Trinajstić information content (AvgIpc) is 2.26. The van der Waals surface area contributed by atoms with Gasteiger partial charge in [-0.25, -0.2) is 0 Å². The quantitative estimate of drug-likeness (QED) is 0.612. The van der Waals surface area contributed by atoms with Gasteiger partial charge in [0.05, 0.1) is 11.3 Å². The summed E-state index contributed by atoms with van der Waals surface area (Å²) in [7, 11) is 0. The minimum atomic E-state index is -1.05. The van der Waals surface area contributed by atoms with Gasteiger partial charge in [-0.15, -0.1) is 0 Å². The number of anilines is 1. The molecule has 1 aromatic rings. The standard InChI is InChI=1S/C11H12N2O5/c1-7-6-8(2-3-9(7)13(17)18)12-10(14)4-5-11(15)16/h2-3,6H,4-5H2,1H3,(H,12,14)(H,15,16). The van der Waals surface area contributed by atoms with Crippen molar-refractivity contribution in [3.63, 3.8) is 0 Å². The van der Waals surface area contributed by atoms with Crippen LogP contribution in [0.3, 0.4) is 0 Å². The molecule has 7 heteroatoms. The second-order valence-electron chi connectivity index (χ2n) is 3.70. The first kappa shape index (κ1) is 13.6. The number of nitro benzene ring substituents is 1. The number of carboxylic acid groups (broad SMARTS) is 1. The molecule has 0 atom stereocenters. The van der Waals surface area contributed by atoms with Gasteiger partial charge in [-0.2, -0.15) is 0 Å². The van der Waals surface area contributed by atoms with E-state index in [2.05, 4.69) is 5.32 Å². The normalized spacial score (nSPS) is 9.83. The number of benzene rings is 1. The zero-order valence-corrected chi connectivity index (χ0v) is 9.67. The Morgan fingerprint density at radius 1 is 1.39 bits per heavy atom. The zero-order valence-electron chi connectivity index (χ0n) is 9.67. The van der Waals surface area contributed by atoms with Gasteiger partial charge in [0.1, 0.15) is 0 Å². The molecule has 0 saturated heterocycles. The number of aryl methyl sites for hydroxylation is 1. The number of carbonyl (C=O) groups is 2. The van der Waals surface area contributed by atoms with E-state index >= 15 is 0 Å². The summed E-state index contributed by atoms with van der Waals surface area (Å²) in [5.41, 5.74) is 0.808. The van der Waals surface area contributed by atoms with Crippen molar-refractivity contribution in [2.24, 2.45) is 0 Å². The van der Waals surface area contributed by atoms with Crippen molar-refractivity contribution in [3.05, 3.63) is 33.9 Å². The van der Waals surface area contributed by atoms with Gasteiger partial charge in [0.15, 0.2) is 0 Å². The van der Waals surface area contributed by atoms with E-state index in [1.54, 1.807) is 6.92 Å². The molecule has 96 valence electrons. The van der Waals surface area contributed by atoms with Gasteiger partial charge in [-0.1, -0.05) is 0 Å². The third-order valence-electron chi connectivity index (χ3n) is 2.24. The molecule has 1 aromatic carbocycles. The summed E-state index contributed by atoms with van der Waals surface area (Å²) in [5, 5.41) is 21.5. The Labute approximate surface area is 103 Å². The van der Waals surface area contributed by atoms with Crippen molar-refractivity contribution >= 4 is 23.3 Å². The van der Waals surface area contributed by atoms with Crippen LogP contribution in [0.5, 0.6) is 0 Å². The number of carboxylic acids is 1. The lowest BCUT2D eigenvalue weighted by atomic mass is 10.2. The minimum Gasteiger partial charge on any atom is -0.481 e. The second-order valence-corrected chi connectivity index (χ2v) is 3.70. The fourth-order valence-corrected chi connectivity index (χ4v) is 1.38. The van der Waals surface area contributed by atoms with E-state index in [0.29, 0.717) is 11.3 Å². The van der Waals surface area contributed by atoms with Crippen LogP contribution in [-0.4, -0.2) is 21.9 Å². The van der Waals surface area contributed by atoms with Gasteiger partial charge in [0.25, 0.3) is 5.69 Å². The molecule has 0 saturated carbocycles. The minimum absolute atomic E-state index is 0.0291. The molecule has 0 radical (unpaired) electrons. The molecule has 0 aliphatic carbocycles. The van der Waals surface area contributed by atoms with Crippen molar-refractivity contribution in [3.8, 4) is 0 Å². The number of carbonyl (C=O) groups excluding carboxylic acids is 1. The van der Waals surface area contributed by atoms with Gasteiger partial charge in [-0.3, -0.25) is 19.7 Å². The fourth-order valence-electron chi connectivity index (χ4n) is 1.38. The number of nitro groups is 1. The van der Waals surface area contributed by atoms with Crippen molar-refractivity contribution in [2.45, 2.75) is 19.8 Å². The van der Waals surface area contributed by atoms with Crippen molar-refractivity contribution in [2.75, 3.05) is 5.32 Å². The molecule has 7 nitrogen and oxygen atoms in total. The maximum atomic E-state index is 11.3. The number of rotatable bonds is 5. The monoisotopic (exact) mass is 252 g/mol. The van der Waals surface area contributed by atoms with Gasteiger partial charge < -0.3 is 10.4 Å². The van der Waals surface area contributed by atoms with Crippen LogP contribution in [0.15, 0.2) is 18.2 Å². The molecule has 0 heterocycles. The molecule has 0 aliphatic heterocycles. The summed E-state index contributed by atoms with van der Waals surface area (Å²) in [6.07, 6.45) is -0.386. The van der Waals surface area contributed by atoms with Crippen molar-refractivity contribution in [1.29, 1.82) is 0 Å². The van der Waals surface area contributed by atoms with Crippen LogP contribution >= 0.6 is 0 Å². The average molecular weight is 252 g/mol. The highest BCUT2D eigenvalue weighted by atomic mass is 16.6. The van der Waals surface area contributed by atoms with Crippen LogP contribution in [-0.2, 0) is 9.59 Å². The lowest BCUT2D eigenvalue weighted by Crippen LogP contribution is -2.13. The van der Waals surface area contributed by atoms with Gasteiger partial charge in [0.2, 0.25) is 5.91 Å². The predicted octanol–water partition coefficient (Wildman–Crippen LogP) is 1.71. The number of nitrogens with zero attached hydrogens (tertiary/aromatic N) is 1. The van der Waals surface area contributed by atoms with Crippen LogP contribution in [0.1, 0.15) is 18.4 Å². The fraction of sp³-hybridized carbons (Fsp3) is 0.273. The highest BCUT2D eigenvalue weighted by Gasteiger charge is 2.11. The zero-order chi connectivity index (χ0) is 13.7. The first-order valence-corrected chi connectivity index (χ1v) is 5.17. The molecule has 1 amide bonds. The van der Waals surface area contributed by atoms with E-state index in [0.717, 1.165) is 0 Å². The number of nitrogens with one attached hydrogen (secondary N) is 1. The maximum absolute atomic E-state index is 11.3. The van der Waals surface area contributed by atoms with Crippen LogP contribution in [0.25, 0.3) is 0 Å². The Hall–Kier alpha value is -2.44. The molecule has 0 aliphatic rings. The third kappa shape index (κ3) is 3.85. The van der Waals surface area contributed by atoms with Crippen LogP contribution in [0.2, 0.25) is 0 Å². The number of amides is 1. The Kier molecular flexibility index (Phi) is 4.36. The molecule has 0 unspecified atom stereocenters. The summed E-state index contributed by atoms with van der Waals surface area (Å²) in [6, 6.07) is 4.17. The van der Waals surface area contributed by atoms with Crippen LogP contribution in [0, 0.1) is 17.0 Å². The van der Waals surface area contributed by atoms with Gasteiger partial charge >= 0.3 is 5.97 Å². The summed E-state index contributed by atoms with van der Waals surface area (Å²) >= 11 is 0. The third-order valence-corrected chi connectivity index (χ3v) is 2.24. The Morgan fingerprint density at radius 2 is 2.06 bits per heavy atom. The van der Waals surface area contributed by atoms with E-state index in [1.165, 1.54) is 18.2 Å². The Morgan fingerprint density at radius 3 is 2.56 bits per heavy atom. The Bertz CT molecular complexity index is 498. The molecular formula is C11H12N2O5. The molecule has 1 rings (SSSR count). The lowest BCUT2D eigenvalue weighted by molar-refractivity contribution is -0.385. The maximum Gasteiger partial charge on any atom is 0.303 e. The molecule has 0 bridgehead atoms.